The Hall–Kier alpha value is -1.75. The summed E-state index contributed by atoms with van der Waals surface area (Å²) in [4.78, 5) is 14.1. The number of esters is 1. The highest BCUT2D eigenvalue weighted by atomic mass is 16.5. The van der Waals surface area contributed by atoms with Gasteiger partial charge < -0.3 is 20.1 Å². The second-order valence-electron chi connectivity index (χ2n) is 5.10. The SMILES string of the molecule is CCOC(=O)c1cccc(N2CC(C)OCC2C)c1N. The topological polar surface area (TPSA) is 64.8 Å². The van der Waals surface area contributed by atoms with Crippen LogP contribution in [0.4, 0.5) is 11.4 Å². The molecule has 1 aromatic carbocycles. The Labute approximate surface area is 119 Å². The van der Waals surface area contributed by atoms with E-state index < -0.39 is 0 Å². The number of para-hydroxylation sites is 1. The maximum absolute atomic E-state index is 11.9. The van der Waals surface area contributed by atoms with E-state index in [0.29, 0.717) is 24.5 Å². The van der Waals surface area contributed by atoms with Crippen LogP contribution in [0.1, 0.15) is 31.1 Å². The fraction of sp³-hybridized carbons (Fsp3) is 0.533. The van der Waals surface area contributed by atoms with Crippen molar-refractivity contribution in [3.8, 4) is 0 Å². The quantitative estimate of drug-likeness (QED) is 0.677. The van der Waals surface area contributed by atoms with Crippen LogP contribution >= 0.6 is 0 Å². The number of carbonyl (C=O) groups is 1. The Morgan fingerprint density at radius 2 is 2.25 bits per heavy atom. The van der Waals surface area contributed by atoms with Crippen LogP contribution in [0.5, 0.6) is 0 Å². The first-order valence-corrected chi connectivity index (χ1v) is 6.98. The number of hydrogen-bond acceptors (Lipinski definition) is 5. The Kier molecular flexibility index (Phi) is 4.49. The van der Waals surface area contributed by atoms with E-state index in [2.05, 4.69) is 11.8 Å². The minimum Gasteiger partial charge on any atom is -0.462 e. The molecule has 2 N–H and O–H groups in total. The molecule has 5 nitrogen and oxygen atoms in total. The van der Waals surface area contributed by atoms with Gasteiger partial charge in [0.1, 0.15) is 0 Å². The standard InChI is InChI=1S/C15H22N2O3/c1-4-19-15(18)12-6-5-7-13(14(12)16)17-8-11(3)20-9-10(17)2/h5-7,10-11H,4,8-9,16H2,1-3H3. The molecule has 2 unspecified atom stereocenters. The second kappa shape index (κ2) is 6.13. The average molecular weight is 278 g/mol. The number of ether oxygens (including phenoxy) is 2. The molecule has 0 amide bonds. The monoisotopic (exact) mass is 278 g/mol. The highest BCUT2D eigenvalue weighted by Gasteiger charge is 2.26. The summed E-state index contributed by atoms with van der Waals surface area (Å²) in [6.45, 7) is 7.66. The Balaban J connectivity index is 2.32. The number of morpholine rings is 1. The van der Waals surface area contributed by atoms with Crippen molar-refractivity contribution in [2.75, 3.05) is 30.4 Å². The molecule has 5 heteroatoms. The Morgan fingerprint density at radius 1 is 1.50 bits per heavy atom. The smallest absolute Gasteiger partial charge is 0.340 e. The first-order chi connectivity index (χ1) is 9.54. The number of nitrogen functional groups attached to an aromatic ring is 1. The van der Waals surface area contributed by atoms with Gasteiger partial charge in [-0.1, -0.05) is 6.07 Å². The van der Waals surface area contributed by atoms with Crippen LogP contribution in [-0.4, -0.2) is 37.9 Å². The molecule has 110 valence electrons. The number of carbonyl (C=O) groups excluding carboxylic acids is 1. The molecule has 1 fully saturated rings. The molecule has 1 heterocycles. The summed E-state index contributed by atoms with van der Waals surface area (Å²) in [5.74, 6) is -0.374. The van der Waals surface area contributed by atoms with Gasteiger partial charge in [-0.15, -0.1) is 0 Å². The molecular weight excluding hydrogens is 256 g/mol. The molecule has 0 saturated carbocycles. The zero-order chi connectivity index (χ0) is 14.7. The molecule has 0 aromatic heterocycles. The van der Waals surface area contributed by atoms with Gasteiger partial charge in [-0.2, -0.15) is 0 Å². The van der Waals surface area contributed by atoms with Crippen LogP contribution < -0.4 is 10.6 Å². The fourth-order valence-corrected chi connectivity index (χ4v) is 2.43. The summed E-state index contributed by atoms with van der Waals surface area (Å²) in [5.41, 5.74) is 7.95. The van der Waals surface area contributed by atoms with Crippen LogP contribution in [0.2, 0.25) is 0 Å². The van der Waals surface area contributed by atoms with Crippen molar-refractivity contribution in [2.45, 2.75) is 32.9 Å². The molecule has 2 atom stereocenters. The van der Waals surface area contributed by atoms with E-state index in [1.54, 1.807) is 13.0 Å². The molecule has 0 spiro atoms. The van der Waals surface area contributed by atoms with Gasteiger partial charge in [0.25, 0.3) is 0 Å². The van der Waals surface area contributed by atoms with Crippen LogP contribution in [-0.2, 0) is 9.47 Å². The van der Waals surface area contributed by atoms with Gasteiger partial charge in [0.2, 0.25) is 0 Å². The number of rotatable bonds is 3. The van der Waals surface area contributed by atoms with Gasteiger partial charge in [-0.3, -0.25) is 0 Å². The summed E-state index contributed by atoms with van der Waals surface area (Å²) < 4.78 is 10.7. The highest BCUT2D eigenvalue weighted by molar-refractivity contribution is 5.98. The van der Waals surface area contributed by atoms with Gasteiger partial charge in [0.05, 0.1) is 36.3 Å². The molecule has 2 rings (SSSR count). The van der Waals surface area contributed by atoms with Crippen molar-refractivity contribution in [1.82, 2.24) is 0 Å². The molecule has 1 aliphatic rings. The highest BCUT2D eigenvalue weighted by Crippen LogP contribution is 2.30. The van der Waals surface area contributed by atoms with Crippen LogP contribution in [0.15, 0.2) is 18.2 Å². The van der Waals surface area contributed by atoms with E-state index in [4.69, 9.17) is 15.2 Å². The van der Waals surface area contributed by atoms with Crippen molar-refractivity contribution in [3.05, 3.63) is 23.8 Å². The largest absolute Gasteiger partial charge is 0.462 e. The minimum absolute atomic E-state index is 0.150. The fourth-order valence-electron chi connectivity index (χ4n) is 2.43. The van der Waals surface area contributed by atoms with Crippen molar-refractivity contribution in [1.29, 1.82) is 0 Å². The van der Waals surface area contributed by atoms with Gasteiger partial charge in [-0.25, -0.2) is 4.79 Å². The lowest BCUT2D eigenvalue weighted by Gasteiger charge is -2.39. The van der Waals surface area contributed by atoms with Gasteiger partial charge in [0.15, 0.2) is 0 Å². The van der Waals surface area contributed by atoms with E-state index in [1.165, 1.54) is 0 Å². The zero-order valence-corrected chi connectivity index (χ0v) is 12.3. The summed E-state index contributed by atoms with van der Waals surface area (Å²) in [6.07, 6.45) is 0.150. The minimum atomic E-state index is -0.374. The maximum atomic E-state index is 11.9. The number of anilines is 2. The number of nitrogens with zero attached hydrogens (tertiary/aromatic N) is 1. The molecule has 20 heavy (non-hydrogen) atoms. The number of hydrogen-bond donors (Lipinski definition) is 1. The predicted molar refractivity (Wildman–Crippen MR) is 79.0 cm³/mol. The molecule has 1 aromatic rings. The maximum Gasteiger partial charge on any atom is 0.340 e. The van der Waals surface area contributed by atoms with Crippen molar-refractivity contribution < 1.29 is 14.3 Å². The third-order valence-electron chi connectivity index (χ3n) is 3.50. The van der Waals surface area contributed by atoms with Gasteiger partial charge in [0, 0.05) is 12.6 Å². The van der Waals surface area contributed by atoms with E-state index in [-0.39, 0.29) is 18.1 Å². The van der Waals surface area contributed by atoms with Crippen molar-refractivity contribution in [2.24, 2.45) is 0 Å². The first-order valence-electron chi connectivity index (χ1n) is 6.98. The summed E-state index contributed by atoms with van der Waals surface area (Å²) >= 11 is 0. The Morgan fingerprint density at radius 3 is 2.95 bits per heavy atom. The molecule has 0 aliphatic carbocycles. The normalized spacial score (nSPS) is 22.6. The van der Waals surface area contributed by atoms with E-state index in [0.717, 1.165) is 12.2 Å². The number of nitrogens with two attached hydrogens (primary N) is 1. The summed E-state index contributed by atoms with van der Waals surface area (Å²) in [6, 6.07) is 5.70. The lowest BCUT2D eigenvalue weighted by atomic mass is 10.1. The van der Waals surface area contributed by atoms with Crippen LogP contribution in [0.25, 0.3) is 0 Å². The van der Waals surface area contributed by atoms with Gasteiger partial charge in [-0.05, 0) is 32.9 Å². The lowest BCUT2D eigenvalue weighted by molar-refractivity contribution is 0.0344. The predicted octanol–water partition coefficient (Wildman–Crippen LogP) is 2.06. The summed E-state index contributed by atoms with van der Waals surface area (Å²) in [5, 5.41) is 0. The number of benzene rings is 1. The average Bonchev–Trinajstić information content (AvgIpc) is 2.42. The van der Waals surface area contributed by atoms with Crippen molar-refractivity contribution in [3.63, 3.8) is 0 Å². The van der Waals surface area contributed by atoms with Crippen LogP contribution in [0.3, 0.4) is 0 Å². The summed E-state index contributed by atoms with van der Waals surface area (Å²) in [7, 11) is 0. The van der Waals surface area contributed by atoms with E-state index >= 15 is 0 Å². The third-order valence-corrected chi connectivity index (χ3v) is 3.50. The van der Waals surface area contributed by atoms with E-state index in [9.17, 15) is 4.79 Å². The molecule has 0 radical (unpaired) electrons. The van der Waals surface area contributed by atoms with Crippen LogP contribution in [0, 0.1) is 0 Å². The van der Waals surface area contributed by atoms with Crippen molar-refractivity contribution >= 4 is 17.3 Å². The third kappa shape index (κ3) is 2.88. The lowest BCUT2D eigenvalue weighted by Crippen LogP contribution is -2.47. The van der Waals surface area contributed by atoms with Gasteiger partial charge >= 0.3 is 5.97 Å². The molecule has 0 bridgehead atoms. The molecule has 1 aliphatic heterocycles. The Bertz CT molecular complexity index is 490. The molecular formula is C15H22N2O3. The second-order valence-corrected chi connectivity index (χ2v) is 5.10. The first kappa shape index (κ1) is 14.7. The molecule has 1 saturated heterocycles. The van der Waals surface area contributed by atoms with E-state index in [1.807, 2.05) is 19.1 Å². The zero-order valence-electron chi connectivity index (χ0n) is 12.3.